The largest absolute Gasteiger partial charge is 0.356 e. The van der Waals surface area contributed by atoms with Gasteiger partial charge in [-0.3, -0.25) is 4.90 Å². The molecular weight excluding hydrogens is 262 g/mol. The molecule has 21 heavy (non-hydrogen) atoms. The van der Waals surface area contributed by atoms with Gasteiger partial charge in [-0.2, -0.15) is 0 Å². The highest BCUT2D eigenvalue weighted by atomic mass is 15.3. The highest BCUT2D eigenvalue weighted by Gasteiger charge is 2.30. The Kier molecular flexibility index (Phi) is 3.67. The number of hydrogen-bond donors (Lipinski definition) is 0. The van der Waals surface area contributed by atoms with Crippen LogP contribution in [0.15, 0.2) is 12.4 Å². The van der Waals surface area contributed by atoms with Crippen LogP contribution in [0.25, 0.3) is 0 Å². The number of aromatic nitrogens is 2. The van der Waals surface area contributed by atoms with Gasteiger partial charge >= 0.3 is 0 Å². The fourth-order valence-electron chi connectivity index (χ4n) is 3.60. The molecule has 114 valence electrons. The summed E-state index contributed by atoms with van der Waals surface area (Å²) in [5.41, 5.74) is 0. The molecule has 0 aromatic carbocycles. The van der Waals surface area contributed by atoms with E-state index in [1.807, 2.05) is 0 Å². The van der Waals surface area contributed by atoms with E-state index in [-0.39, 0.29) is 0 Å². The SMILES string of the molecule is c1nc(N2CCCC2)cc(N2CCCN(C3CC3)CC2)n1. The number of hydrogen-bond acceptors (Lipinski definition) is 5. The van der Waals surface area contributed by atoms with Crippen molar-refractivity contribution in [2.75, 3.05) is 49.1 Å². The highest BCUT2D eigenvalue weighted by molar-refractivity contribution is 5.50. The normalized spacial score (nSPS) is 24.4. The van der Waals surface area contributed by atoms with E-state index in [0.29, 0.717) is 0 Å². The third-order valence-corrected chi connectivity index (χ3v) is 4.99. The van der Waals surface area contributed by atoms with Crippen molar-refractivity contribution in [3.05, 3.63) is 12.4 Å². The molecule has 1 aromatic rings. The Morgan fingerprint density at radius 2 is 1.43 bits per heavy atom. The first kappa shape index (κ1) is 13.3. The van der Waals surface area contributed by atoms with E-state index in [9.17, 15) is 0 Å². The molecule has 1 saturated carbocycles. The van der Waals surface area contributed by atoms with E-state index in [1.54, 1.807) is 6.33 Å². The molecule has 1 aromatic heterocycles. The van der Waals surface area contributed by atoms with Crippen molar-refractivity contribution in [1.29, 1.82) is 0 Å². The van der Waals surface area contributed by atoms with E-state index in [4.69, 9.17) is 0 Å². The lowest BCUT2D eigenvalue weighted by molar-refractivity contribution is 0.283. The average Bonchev–Trinajstić information content (AvgIpc) is 3.27. The van der Waals surface area contributed by atoms with Crippen LogP contribution in [0.1, 0.15) is 32.1 Å². The first-order chi connectivity index (χ1) is 10.4. The van der Waals surface area contributed by atoms with Crippen molar-refractivity contribution in [2.45, 2.75) is 38.1 Å². The molecule has 4 rings (SSSR count). The molecule has 0 radical (unpaired) electrons. The third kappa shape index (κ3) is 2.98. The van der Waals surface area contributed by atoms with Gasteiger partial charge in [0.05, 0.1) is 0 Å². The molecule has 2 saturated heterocycles. The lowest BCUT2D eigenvalue weighted by atomic mass is 10.3. The summed E-state index contributed by atoms with van der Waals surface area (Å²) in [5.74, 6) is 2.23. The van der Waals surface area contributed by atoms with Gasteiger partial charge in [0, 0.05) is 51.4 Å². The second-order valence-electron chi connectivity index (χ2n) is 6.54. The molecule has 3 heterocycles. The molecule has 5 nitrogen and oxygen atoms in total. The maximum atomic E-state index is 4.53. The molecule has 0 bridgehead atoms. The van der Waals surface area contributed by atoms with Crippen LogP contribution in [0.2, 0.25) is 0 Å². The van der Waals surface area contributed by atoms with Crippen LogP contribution in [0.4, 0.5) is 11.6 Å². The highest BCUT2D eigenvalue weighted by Crippen LogP contribution is 2.28. The fourth-order valence-corrected chi connectivity index (χ4v) is 3.60. The molecule has 2 aliphatic heterocycles. The summed E-state index contributed by atoms with van der Waals surface area (Å²) in [5, 5.41) is 0. The molecule has 0 unspecified atom stereocenters. The summed E-state index contributed by atoms with van der Waals surface area (Å²) in [6, 6.07) is 3.08. The maximum absolute atomic E-state index is 4.53. The summed E-state index contributed by atoms with van der Waals surface area (Å²) in [6.07, 6.45) is 8.39. The van der Waals surface area contributed by atoms with Gasteiger partial charge in [-0.1, -0.05) is 0 Å². The standard InChI is InChI=1S/C16H25N5/c1-2-7-20(6-1)15-12-16(18-13-17-15)21-9-3-8-19(10-11-21)14-4-5-14/h12-14H,1-11H2. The number of nitrogens with zero attached hydrogens (tertiary/aromatic N) is 5. The van der Waals surface area contributed by atoms with Gasteiger partial charge in [0.15, 0.2) is 0 Å². The molecule has 3 fully saturated rings. The zero-order valence-corrected chi connectivity index (χ0v) is 12.7. The Labute approximate surface area is 127 Å². The van der Waals surface area contributed by atoms with Crippen molar-refractivity contribution in [3.63, 3.8) is 0 Å². The van der Waals surface area contributed by atoms with E-state index in [2.05, 4.69) is 30.7 Å². The minimum absolute atomic E-state index is 0.885. The lowest BCUT2D eigenvalue weighted by Gasteiger charge is -2.24. The van der Waals surface area contributed by atoms with Crippen LogP contribution < -0.4 is 9.80 Å². The van der Waals surface area contributed by atoms with E-state index in [0.717, 1.165) is 43.9 Å². The predicted octanol–water partition coefficient (Wildman–Crippen LogP) is 1.75. The Morgan fingerprint density at radius 1 is 0.762 bits per heavy atom. The van der Waals surface area contributed by atoms with Crippen LogP contribution in [-0.4, -0.2) is 60.2 Å². The van der Waals surface area contributed by atoms with E-state index < -0.39 is 0 Å². The van der Waals surface area contributed by atoms with Crippen molar-refractivity contribution in [2.24, 2.45) is 0 Å². The molecule has 5 heteroatoms. The summed E-state index contributed by atoms with van der Waals surface area (Å²) >= 11 is 0. The first-order valence-electron chi connectivity index (χ1n) is 8.46. The van der Waals surface area contributed by atoms with Crippen LogP contribution >= 0.6 is 0 Å². The Morgan fingerprint density at radius 3 is 2.14 bits per heavy atom. The second-order valence-corrected chi connectivity index (χ2v) is 6.54. The summed E-state index contributed by atoms with van der Waals surface area (Å²) in [4.78, 5) is 16.5. The van der Waals surface area contributed by atoms with Gasteiger partial charge < -0.3 is 9.80 Å². The van der Waals surface area contributed by atoms with Crippen LogP contribution in [0, 0.1) is 0 Å². The van der Waals surface area contributed by atoms with Crippen LogP contribution in [0.3, 0.4) is 0 Å². The Bertz CT molecular complexity index is 481. The third-order valence-electron chi connectivity index (χ3n) is 4.99. The van der Waals surface area contributed by atoms with Crippen molar-refractivity contribution in [3.8, 4) is 0 Å². The Balaban J connectivity index is 1.46. The van der Waals surface area contributed by atoms with Gasteiger partial charge in [0.25, 0.3) is 0 Å². The fraction of sp³-hybridized carbons (Fsp3) is 0.750. The number of anilines is 2. The quantitative estimate of drug-likeness (QED) is 0.846. The first-order valence-corrected chi connectivity index (χ1v) is 8.46. The minimum Gasteiger partial charge on any atom is -0.356 e. The van der Waals surface area contributed by atoms with E-state index >= 15 is 0 Å². The molecule has 0 atom stereocenters. The van der Waals surface area contributed by atoms with Gasteiger partial charge in [-0.05, 0) is 32.1 Å². The molecular formula is C16H25N5. The van der Waals surface area contributed by atoms with Gasteiger partial charge in [0.2, 0.25) is 0 Å². The summed E-state index contributed by atoms with van der Waals surface area (Å²) in [7, 11) is 0. The summed E-state index contributed by atoms with van der Waals surface area (Å²) in [6.45, 7) is 6.96. The van der Waals surface area contributed by atoms with Gasteiger partial charge in [0.1, 0.15) is 18.0 Å². The topological polar surface area (TPSA) is 35.5 Å². The zero-order valence-electron chi connectivity index (χ0n) is 12.7. The zero-order chi connectivity index (χ0) is 14.1. The molecule has 0 spiro atoms. The maximum Gasteiger partial charge on any atom is 0.134 e. The van der Waals surface area contributed by atoms with Crippen molar-refractivity contribution < 1.29 is 0 Å². The monoisotopic (exact) mass is 287 g/mol. The Hall–Kier alpha value is -1.36. The van der Waals surface area contributed by atoms with Crippen LogP contribution in [-0.2, 0) is 0 Å². The van der Waals surface area contributed by atoms with Crippen LogP contribution in [0.5, 0.6) is 0 Å². The molecule has 0 N–H and O–H groups in total. The number of rotatable bonds is 3. The average molecular weight is 287 g/mol. The predicted molar refractivity (Wildman–Crippen MR) is 84.9 cm³/mol. The molecule has 0 amide bonds. The van der Waals surface area contributed by atoms with Crippen molar-refractivity contribution >= 4 is 11.6 Å². The molecule has 1 aliphatic carbocycles. The minimum atomic E-state index is 0.885. The molecule has 3 aliphatic rings. The summed E-state index contributed by atoms with van der Waals surface area (Å²) < 4.78 is 0. The van der Waals surface area contributed by atoms with Crippen molar-refractivity contribution in [1.82, 2.24) is 14.9 Å². The second kappa shape index (κ2) is 5.79. The van der Waals surface area contributed by atoms with Gasteiger partial charge in [-0.25, -0.2) is 9.97 Å². The van der Waals surface area contributed by atoms with E-state index in [1.165, 1.54) is 45.2 Å². The lowest BCUT2D eigenvalue weighted by Crippen LogP contribution is -2.32. The smallest absolute Gasteiger partial charge is 0.134 e. The van der Waals surface area contributed by atoms with Gasteiger partial charge in [-0.15, -0.1) is 0 Å².